The summed E-state index contributed by atoms with van der Waals surface area (Å²) < 4.78 is 0. The van der Waals surface area contributed by atoms with Gasteiger partial charge >= 0.3 is 0 Å². The van der Waals surface area contributed by atoms with Gasteiger partial charge in [0.2, 0.25) is 11.8 Å². The van der Waals surface area contributed by atoms with Crippen molar-refractivity contribution in [3.8, 4) is 0 Å². The van der Waals surface area contributed by atoms with Crippen molar-refractivity contribution in [1.82, 2.24) is 10.3 Å². The van der Waals surface area contributed by atoms with E-state index in [-0.39, 0.29) is 24.8 Å². The minimum absolute atomic E-state index is 0.187. The molecule has 2 rings (SSSR count). The molecule has 0 aliphatic carbocycles. The molecule has 0 radical (unpaired) electrons. The van der Waals surface area contributed by atoms with Gasteiger partial charge in [-0.3, -0.25) is 9.59 Å². The maximum Gasteiger partial charge on any atom is 0.244 e. The summed E-state index contributed by atoms with van der Waals surface area (Å²) in [4.78, 5) is 27.6. The largest absolute Gasteiger partial charge is 0.352 e. The lowest BCUT2D eigenvalue weighted by Crippen LogP contribution is -2.26. The number of aromatic nitrogens is 1. The predicted molar refractivity (Wildman–Crippen MR) is 90.6 cm³/mol. The van der Waals surface area contributed by atoms with Crippen LogP contribution in [0.15, 0.2) is 60.8 Å². The summed E-state index contributed by atoms with van der Waals surface area (Å²) in [5, 5.41) is 5.37. The van der Waals surface area contributed by atoms with Gasteiger partial charge in [-0.05, 0) is 30.2 Å². The summed E-state index contributed by atoms with van der Waals surface area (Å²) in [6.07, 6.45) is 3.33. The lowest BCUT2D eigenvalue weighted by Gasteiger charge is -2.05. The molecule has 1 heterocycles. The van der Waals surface area contributed by atoms with Crippen LogP contribution in [-0.4, -0.2) is 23.3 Å². The van der Waals surface area contributed by atoms with E-state index in [1.54, 1.807) is 24.4 Å². The molecule has 0 unspecified atom stereocenters. The maximum atomic E-state index is 11.8. The molecule has 1 aromatic heterocycles. The Hall–Kier alpha value is -2.95. The zero-order valence-electron chi connectivity index (χ0n) is 13.0. The number of allylic oxidation sites excluding steroid dienone is 1. The van der Waals surface area contributed by atoms with Gasteiger partial charge < -0.3 is 10.6 Å². The minimum atomic E-state index is -0.211. The van der Waals surface area contributed by atoms with Gasteiger partial charge in [0.15, 0.2) is 0 Å². The highest BCUT2D eigenvalue weighted by molar-refractivity contribution is 5.95. The van der Waals surface area contributed by atoms with Gasteiger partial charge in [-0.15, -0.1) is 0 Å². The zero-order valence-corrected chi connectivity index (χ0v) is 13.0. The number of anilines is 1. The fraction of sp³-hybridized carbons (Fsp3) is 0.167. The number of pyridine rings is 1. The summed E-state index contributed by atoms with van der Waals surface area (Å²) in [5.41, 5.74) is 1.87. The molecule has 1 aromatic carbocycles. The summed E-state index contributed by atoms with van der Waals surface area (Å²) >= 11 is 0. The number of carbonyl (C=O) groups is 2. The van der Waals surface area contributed by atoms with E-state index in [9.17, 15) is 9.59 Å². The molecule has 0 spiro atoms. The number of rotatable bonds is 6. The van der Waals surface area contributed by atoms with Crippen molar-refractivity contribution in [2.45, 2.75) is 13.3 Å². The van der Waals surface area contributed by atoms with Crippen LogP contribution in [0.1, 0.15) is 18.9 Å². The smallest absolute Gasteiger partial charge is 0.244 e. The number of carbonyl (C=O) groups excluding carboxylic acids is 2. The van der Waals surface area contributed by atoms with E-state index in [1.807, 2.05) is 37.3 Å². The zero-order chi connectivity index (χ0) is 16.5. The second-order valence-corrected chi connectivity index (χ2v) is 5.00. The fourth-order valence-corrected chi connectivity index (χ4v) is 1.97. The van der Waals surface area contributed by atoms with Crippen molar-refractivity contribution in [2.75, 3.05) is 11.9 Å². The molecular weight excluding hydrogens is 290 g/mol. The molecule has 5 nitrogen and oxygen atoms in total. The molecular formula is C18H19N3O2. The highest BCUT2D eigenvalue weighted by atomic mass is 16.2. The normalized spacial score (nSPS) is 10.9. The molecule has 5 heteroatoms. The Labute approximate surface area is 135 Å². The van der Waals surface area contributed by atoms with E-state index >= 15 is 0 Å². The van der Waals surface area contributed by atoms with Crippen LogP contribution in [0.5, 0.6) is 0 Å². The molecule has 0 fully saturated rings. The van der Waals surface area contributed by atoms with Gasteiger partial charge in [-0.2, -0.15) is 0 Å². The van der Waals surface area contributed by atoms with Crippen LogP contribution in [0, 0.1) is 0 Å². The van der Waals surface area contributed by atoms with Crippen molar-refractivity contribution >= 4 is 23.2 Å². The van der Waals surface area contributed by atoms with Gasteiger partial charge in [-0.1, -0.05) is 36.4 Å². The van der Waals surface area contributed by atoms with Gasteiger partial charge in [0.1, 0.15) is 5.82 Å². The van der Waals surface area contributed by atoms with Crippen molar-refractivity contribution in [1.29, 1.82) is 0 Å². The van der Waals surface area contributed by atoms with Crippen LogP contribution in [-0.2, 0) is 9.59 Å². The van der Waals surface area contributed by atoms with Crippen molar-refractivity contribution < 1.29 is 9.59 Å². The predicted octanol–water partition coefficient (Wildman–Crippen LogP) is 2.63. The molecule has 0 saturated carbocycles. The topological polar surface area (TPSA) is 71.1 Å². The average molecular weight is 309 g/mol. The summed E-state index contributed by atoms with van der Waals surface area (Å²) in [5.74, 6) is 0.105. The molecule has 2 N–H and O–H groups in total. The maximum absolute atomic E-state index is 11.8. The molecule has 0 aliphatic rings. The van der Waals surface area contributed by atoms with E-state index in [4.69, 9.17) is 0 Å². The van der Waals surface area contributed by atoms with E-state index in [0.717, 1.165) is 11.1 Å². The lowest BCUT2D eigenvalue weighted by atomic mass is 10.1. The quantitative estimate of drug-likeness (QED) is 0.806. The van der Waals surface area contributed by atoms with E-state index in [2.05, 4.69) is 15.6 Å². The molecule has 23 heavy (non-hydrogen) atoms. The van der Waals surface area contributed by atoms with E-state index < -0.39 is 0 Å². The highest BCUT2D eigenvalue weighted by Gasteiger charge is 2.04. The van der Waals surface area contributed by atoms with Crippen LogP contribution >= 0.6 is 0 Å². The first-order valence-corrected chi connectivity index (χ1v) is 7.37. The number of benzene rings is 1. The van der Waals surface area contributed by atoms with Crippen LogP contribution in [0.3, 0.4) is 0 Å². The fourth-order valence-electron chi connectivity index (χ4n) is 1.97. The monoisotopic (exact) mass is 309 g/mol. The Kier molecular flexibility index (Phi) is 6.06. The molecule has 118 valence electrons. The number of hydrogen-bond acceptors (Lipinski definition) is 3. The van der Waals surface area contributed by atoms with Crippen molar-refractivity contribution in [2.24, 2.45) is 0 Å². The lowest BCUT2D eigenvalue weighted by molar-refractivity contribution is -0.117. The number of nitrogens with one attached hydrogen (secondary N) is 2. The van der Waals surface area contributed by atoms with Crippen LogP contribution in [0.25, 0.3) is 5.57 Å². The van der Waals surface area contributed by atoms with Crippen LogP contribution in [0.4, 0.5) is 5.82 Å². The van der Waals surface area contributed by atoms with Gasteiger partial charge in [-0.25, -0.2) is 4.98 Å². The second-order valence-electron chi connectivity index (χ2n) is 5.00. The van der Waals surface area contributed by atoms with E-state index in [1.165, 1.54) is 6.08 Å². The first-order valence-electron chi connectivity index (χ1n) is 7.37. The SMILES string of the molecule is C/C(=C/C(=O)NCCC(=O)Nc1ccccn1)c1ccccc1. The number of nitrogens with zero attached hydrogens (tertiary/aromatic N) is 1. The number of amides is 2. The second kappa shape index (κ2) is 8.48. The Morgan fingerprint density at radius 3 is 2.52 bits per heavy atom. The average Bonchev–Trinajstić information content (AvgIpc) is 2.56. The Morgan fingerprint density at radius 1 is 1.09 bits per heavy atom. The Morgan fingerprint density at radius 2 is 1.83 bits per heavy atom. The summed E-state index contributed by atoms with van der Waals surface area (Å²) in [7, 11) is 0. The molecule has 0 bridgehead atoms. The third kappa shape index (κ3) is 5.74. The van der Waals surface area contributed by atoms with Crippen molar-refractivity contribution in [3.05, 3.63) is 66.4 Å². The minimum Gasteiger partial charge on any atom is -0.352 e. The van der Waals surface area contributed by atoms with Crippen LogP contribution in [0.2, 0.25) is 0 Å². The van der Waals surface area contributed by atoms with Gasteiger partial charge in [0.05, 0.1) is 0 Å². The highest BCUT2D eigenvalue weighted by Crippen LogP contribution is 2.12. The molecule has 0 atom stereocenters. The standard InChI is InChI=1S/C18H19N3O2/c1-14(15-7-3-2-4-8-15)13-18(23)20-12-10-17(22)21-16-9-5-6-11-19-16/h2-9,11,13H,10,12H2,1H3,(H,20,23)(H,19,21,22)/b14-13-. The third-order valence-electron chi connectivity index (χ3n) is 3.16. The Balaban J connectivity index is 1.75. The Bertz CT molecular complexity index is 682. The molecule has 0 saturated heterocycles. The summed E-state index contributed by atoms with van der Waals surface area (Å²) in [6, 6.07) is 14.9. The van der Waals surface area contributed by atoms with Crippen molar-refractivity contribution in [3.63, 3.8) is 0 Å². The van der Waals surface area contributed by atoms with Gasteiger partial charge in [0, 0.05) is 25.2 Å². The first-order chi connectivity index (χ1) is 11.1. The summed E-state index contributed by atoms with van der Waals surface area (Å²) in [6.45, 7) is 2.15. The third-order valence-corrected chi connectivity index (χ3v) is 3.16. The van der Waals surface area contributed by atoms with Crippen LogP contribution < -0.4 is 10.6 Å². The van der Waals surface area contributed by atoms with E-state index in [0.29, 0.717) is 5.82 Å². The number of hydrogen-bond donors (Lipinski definition) is 2. The first kappa shape index (κ1) is 16.4. The van der Waals surface area contributed by atoms with Gasteiger partial charge in [0.25, 0.3) is 0 Å². The molecule has 2 aromatic rings. The molecule has 2 amide bonds. The molecule has 0 aliphatic heterocycles.